The molecular formula is C17H17N3. The molecule has 2 aromatic carbocycles. The van der Waals surface area contributed by atoms with Gasteiger partial charge in [0, 0.05) is 23.8 Å². The second kappa shape index (κ2) is 5.72. The zero-order valence-electron chi connectivity index (χ0n) is 11.2. The van der Waals surface area contributed by atoms with E-state index in [-0.39, 0.29) is 6.04 Å². The van der Waals surface area contributed by atoms with Crippen LogP contribution in [0.15, 0.2) is 66.9 Å². The van der Waals surface area contributed by atoms with Crippen LogP contribution >= 0.6 is 0 Å². The summed E-state index contributed by atoms with van der Waals surface area (Å²) in [5.74, 6) is 0. The van der Waals surface area contributed by atoms with Crippen LogP contribution in [0.3, 0.4) is 0 Å². The molecule has 0 radical (unpaired) electrons. The number of para-hydroxylation sites is 1. The lowest BCUT2D eigenvalue weighted by Gasteiger charge is -2.19. The van der Waals surface area contributed by atoms with Crippen LogP contribution in [-0.4, -0.2) is 11.5 Å². The van der Waals surface area contributed by atoms with Crippen LogP contribution in [0.1, 0.15) is 11.7 Å². The van der Waals surface area contributed by atoms with Crippen molar-refractivity contribution in [1.82, 2.24) is 4.98 Å². The van der Waals surface area contributed by atoms with Crippen LogP contribution in [-0.2, 0) is 0 Å². The molecule has 3 nitrogen and oxygen atoms in total. The van der Waals surface area contributed by atoms with Gasteiger partial charge in [-0.05, 0) is 23.6 Å². The number of rotatable bonds is 4. The minimum Gasteiger partial charge on any atom is -0.375 e. The molecule has 0 amide bonds. The molecule has 3 heteroatoms. The van der Waals surface area contributed by atoms with Crippen molar-refractivity contribution in [2.24, 2.45) is 5.73 Å². The van der Waals surface area contributed by atoms with Crippen molar-refractivity contribution in [2.75, 3.05) is 11.9 Å². The van der Waals surface area contributed by atoms with E-state index < -0.39 is 0 Å². The van der Waals surface area contributed by atoms with Crippen molar-refractivity contribution in [3.05, 3.63) is 72.6 Å². The first-order valence-electron chi connectivity index (χ1n) is 6.74. The highest BCUT2D eigenvalue weighted by molar-refractivity contribution is 5.85. The first-order chi connectivity index (χ1) is 9.88. The lowest BCUT2D eigenvalue weighted by molar-refractivity contribution is 0.769. The standard InChI is InChI=1S/C17H17N3/c18-12-16(20-14-7-2-1-3-8-14)17-15-9-5-4-6-13(15)10-11-19-17/h1-11,16,20H,12,18H2. The quantitative estimate of drug-likeness (QED) is 0.759. The van der Waals surface area contributed by atoms with E-state index in [1.165, 1.54) is 5.39 Å². The molecule has 1 atom stereocenters. The Balaban J connectivity index is 1.99. The van der Waals surface area contributed by atoms with Crippen molar-refractivity contribution in [1.29, 1.82) is 0 Å². The van der Waals surface area contributed by atoms with Crippen LogP contribution in [0, 0.1) is 0 Å². The largest absolute Gasteiger partial charge is 0.375 e. The van der Waals surface area contributed by atoms with Crippen LogP contribution < -0.4 is 11.1 Å². The fraction of sp³-hybridized carbons (Fsp3) is 0.118. The van der Waals surface area contributed by atoms with Crippen LogP contribution in [0.25, 0.3) is 10.8 Å². The second-order valence-corrected chi connectivity index (χ2v) is 4.72. The number of hydrogen-bond acceptors (Lipinski definition) is 3. The number of nitrogens with two attached hydrogens (primary N) is 1. The van der Waals surface area contributed by atoms with Crippen molar-refractivity contribution in [3.63, 3.8) is 0 Å². The molecule has 3 aromatic rings. The average Bonchev–Trinajstić information content (AvgIpc) is 2.53. The highest BCUT2D eigenvalue weighted by Gasteiger charge is 2.13. The number of pyridine rings is 1. The Morgan fingerprint density at radius 3 is 2.50 bits per heavy atom. The lowest BCUT2D eigenvalue weighted by atomic mass is 10.0. The number of hydrogen-bond donors (Lipinski definition) is 2. The predicted molar refractivity (Wildman–Crippen MR) is 83.6 cm³/mol. The summed E-state index contributed by atoms with van der Waals surface area (Å²) in [7, 11) is 0. The molecule has 0 saturated carbocycles. The number of aromatic nitrogens is 1. The molecular weight excluding hydrogens is 246 g/mol. The Morgan fingerprint density at radius 2 is 1.70 bits per heavy atom. The first kappa shape index (κ1) is 12.6. The van der Waals surface area contributed by atoms with E-state index in [4.69, 9.17) is 5.73 Å². The van der Waals surface area contributed by atoms with E-state index >= 15 is 0 Å². The van der Waals surface area contributed by atoms with E-state index in [1.54, 1.807) is 0 Å². The highest BCUT2D eigenvalue weighted by atomic mass is 15.0. The number of fused-ring (bicyclic) bond motifs is 1. The van der Waals surface area contributed by atoms with Crippen LogP contribution in [0.2, 0.25) is 0 Å². The van der Waals surface area contributed by atoms with Gasteiger partial charge in [0.05, 0.1) is 11.7 Å². The minimum atomic E-state index is 0.00324. The van der Waals surface area contributed by atoms with Gasteiger partial charge in [-0.25, -0.2) is 0 Å². The monoisotopic (exact) mass is 263 g/mol. The van der Waals surface area contributed by atoms with Gasteiger partial charge in [0.1, 0.15) is 0 Å². The molecule has 0 spiro atoms. The van der Waals surface area contributed by atoms with Crippen molar-refractivity contribution >= 4 is 16.5 Å². The molecule has 3 N–H and O–H groups in total. The summed E-state index contributed by atoms with van der Waals surface area (Å²) in [6.07, 6.45) is 1.84. The molecule has 1 heterocycles. The fourth-order valence-corrected chi connectivity index (χ4v) is 2.40. The van der Waals surface area contributed by atoms with Gasteiger partial charge in [-0.3, -0.25) is 4.98 Å². The smallest absolute Gasteiger partial charge is 0.0813 e. The lowest BCUT2D eigenvalue weighted by Crippen LogP contribution is -2.21. The van der Waals surface area contributed by atoms with Gasteiger partial charge in [0.2, 0.25) is 0 Å². The molecule has 1 aromatic heterocycles. The van der Waals surface area contributed by atoms with Gasteiger partial charge in [0.25, 0.3) is 0 Å². The Morgan fingerprint density at radius 1 is 0.950 bits per heavy atom. The van der Waals surface area contributed by atoms with Gasteiger partial charge < -0.3 is 11.1 Å². The van der Waals surface area contributed by atoms with Crippen molar-refractivity contribution in [2.45, 2.75) is 6.04 Å². The maximum atomic E-state index is 5.94. The molecule has 3 rings (SSSR count). The van der Waals surface area contributed by atoms with Crippen molar-refractivity contribution in [3.8, 4) is 0 Å². The third kappa shape index (κ3) is 2.49. The Hall–Kier alpha value is -2.39. The fourth-order valence-electron chi connectivity index (χ4n) is 2.40. The summed E-state index contributed by atoms with van der Waals surface area (Å²) in [5.41, 5.74) is 7.99. The predicted octanol–water partition coefficient (Wildman–Crippen LogP) is 3.35. The first-order valence-corrected chi connectivity index (χ1v) is 6.74. The number of benzene rings is 2. The number of nitrogens with one attached hydrogen (secondary N) is 1. The molecule has 0 fully saturated rings. The van der Waals surface area contributed by atoms with E-state index in [2.05, 4.69) is 22.4 Å². The molecule has 0 aliphatic heterocycles. The van der Waals surface area contributed by atoms with E-state index in [1.807, 2.05) is 54.7 Å². The maximum absolute atomic E-state index is 5.94. The van der Waals surface area contributed by atoms with Crippen molar-refractivity contribution < 1.29 is 0 Å². The third-order valence-electron chi connectivity index (χ3n) is 3.38. The molecule has 100 valence electrons. The van der Waals surface area contributed by atoms with Gasteiger partial charge in [-0.1, -0.05) is 42.5 Å². The minimum absolute atomic E-state index is 0.00324. The summed E-state index contributed by atoms with van der Waals surface area (Å²) < 4.78 is 0. The highest BCUT2D eigenvalue weighted by Crippen LogP contribution is 2.24. The average molecular weight is 263 g/mol. The molecule has 0 saturated heterocycles. The molecule has 0 aliphatic rings. The Labute approximate surface area is 118 Å². The van der Waals surface area contributed by atoms with E-state index in [0.717, 1.165) is 16.8 Å². The van der Waals surface area contributed by atoms with E-state index in [9.17, 15) is 0 Å². The summed E-state index contributed by atoms with van der Waals surface area (Å²) in [5, 5.41) is 5.78. The zero-order chi connectivity index (χ0) is 13.8. The maximum Gasteiger partial charge on any atom is 0.0813 e. The van der Waals surface area contributed by atoms with Gasteiger partial charge in [-0.2, -0.15) is 0 Å². The summed E-state index contributed by atoms with van der Waals surface area (Å²) >= 11 is 0. The van der Waals surface area contributed by atoms with Gasteiger partial charge in [-0.15, -0.1) is 0 Å². The van der Waals surface area contributed by atoms with Crippen LogP contribution in [0.4, 0.5) is 5.69 Å². The van der Waals surface area contributed by atoms with Gasteiger partial charge in [0.15, 0.2) is 0 Å². The molecule has 0 aliphatic carbocycles. The Kier molecular flexibility index (Phi) is 3.61. The SMILES string of the molecule is NCC(Nc1ccccc1)c1nccc2ccccc12. The normalized spacial score (nSPS) is 12.2. The number of anilines is 1. The summed E-state index contributed by atoms with van der Waals surface area (Å²) in [6.45, 7) is 0.496. The topological polar surface area (TPSA) is 50.9 Å². The Bertz CT molecular complexity index is 689. The van der Waals surface area contributed by atoms with Crippen LogP contribution in [0.5, 0.6) is 0 Å². The molecule has 20 heavy (non-hydrogen) atoms. The van der Waals surface area contributed by atoms with E-state index in [0.29, 0.717) is 6.54 Å². The molecule has 0 bridgehead atoms. The summed E-state index contributed by atoms with van der Waals surface area (Å²) in [4.78, 5) is 4.53. The molecule has 1 unspecified atom stereocenters. The zero-order valence-corrected chi connectivity index (χ0v) is 11.2. The van der Waals surface area contributed by atoms with Gasteiger partial charge >= 0.3 is 0 Å². The number of nitrogens with zero attached hydrogens (tertiary/aromatic N) is 1. The second-order valence-electron chi connectivity index (χ2n) is 4.72. The third-order valence-corrected chi connectivity index (χ3v) is 3.38. The summed E-state index contributed by atoms with van der Waals surface area (Å²) in [6, 6.07) is 20.4.